The fraction of sp³-hybridized carbons (Fsp3) is 0. The second-order valence-electron chi connectivity index (χ2n) is 14.8. The van der Waals surface area contributed by atoms with E-state index in [1.54, 1.807) is 0 Å². The van der Waals surface area contributed by atoms with Crippen molar-refractivity contribution in [3.05, 3.63) is 200 Å². The molecule has 0 fully saturated rings. The Labute approximate surface area is 344 Å². The van der Waals surface area contributed by atoms with Gasteiger partial charge in [-0.25, -0.2) is 15.0 Å². The Morgan fingerprint density at radius 3 is 1.61 bits per heavy atom. The van der Waals surface area contributed by atoms with E-state index in [4.69, 9.17) is 15.0 Å². The Hall–Kier alpha value is -7.54. The molecular formula is C53H33N5S. The summed E-state index contributed by atoms with van der Waals surface area (Å²) in [6, 6.07) is 70.7. The lowest BCUT2D eigenvalue weighted by Gasteiger charge is -2.21. The van der Waals surface area contributed by atoms with Crippen molar-refractivity contribution in [3.8, 4) is 67.8 Å². The molecule has 1 aliphatic heterocycles. The normalized spacial score (nSPS) is 12.0. The largest absolute Gasteiger partial charge is 0.294 e. The van der Waals surface area contributed by atoms with Gasteiger partial charge in [0.25, 0.3) is 0 Å². The van der Waals surface area contributed by atoms with E-state index in [9.17, 15) is 0 Å². The highest BCUT2D eigenvalue weighted by molar-refractivity contribution is 7.99. The molecule has 0 saturated heterocycles. The molecule has 1 aliphatic rings. The van der Waals surface area contributed by atoms with Crippen LogP contribution in [0.4, 0.5) is 0 Å². The number of hydrogen-bond donors (Lipinski definition) is 0. The second kappa shape index (κ2) is 13.5. The van der Waals surface area contributed by atoms with Crippen molar-refractivity contribution in [1.29, 1.82) is 0 Å². The van der Waals surface area contributed by atoms with Crippen LogP contribution in [0.1, 0.15) is 0 Å². The smallest absolute Gasteiger partial charge is 0.166 e. The third-order valence-corrected chi connectivity index (χ3v) is 12.5. The van der Waals surface area contributed by atoms with E-state index in [1.165, 1.54) is 37.2 Å². The number of benzene rings is 8. The highest BCUT2D eigenvalue weighted by Crippen LogP contribution is 2.50. The zero-order valence-corrected chi connectivity index (χ0v) is 32.5. The first-order valence-electron chi connectivity index (χ1n) is 19.8. The number of para-hydroxylation sites is 4. The van der Waals surface area contributed by atoms with Gasteiger partial charge < -0.3 is 0 Å². The van der Waals surface area contributed by atoms with Crippen LogP contribution in [0.5, 0.6) is 0 Å². The topological polar surface area (TPSA) is 48.5 Å². The average Bonchev–Trinajstić information content (AvgIpc) is 3.84. The average molecular weight is 772 g/mol. The van der Waals surface area contributed by atoms with Gasteiger partial charge in [0.05, 0.1) is 22.4 Å². The maximum Gasteiger partial charge on any atom is 0.166 e. The van der Waals surface area contributed by atoms with Crippen LogP contribution in [0.2, 0.25) is 0 Å². The van der Waals surface area contributed by atoms with Gasteiger partial charge in [0, 0.05) is 42.6 Å². The molecule has 59 heavy (non-hydrogen) atoms. The van der Waals surface area contributed by atoms with E-state index in [-0.39, 0.29) is 0 Å². The van der Waals surface area contributed by atoms with Gasteiger partial charge in [-0.1, -0.05) is 157 Å². The summed E-state index contributed by atoms with van der Waals surface area (Å²) in [4.78, 5) is 18.4. The minimum Gasteiger partial charge on any atom is -0.294 e. The van der Waals surface area contributed by atoms with Crippen LogP contribution in [0.3, 0.4) is 0 Å². The Bertz CT molecular complexity index is 3350. The number of nitrogens with zero attached hydrogens (tertiary/aromatic N) is 5. The van der Waals surface area contributed by atoms with Gasteiger partial charge in [0.2, 0.25) is 0 Å². The predicted molar refractivity (Wildman–Crippen MR) is 242 cm³/mol. The standard InChI is InChI=1S/C53H33N5S/c1-4-17-34(18-5-1)37-31-38(35-19-6-2-7-20-35)33-39(32-37)51-54-50(36-21-8-3-9-22-36)55-52(56-51)41-24-11-13-27-44(41)57-43-26-12-10-23-40(43)48-42-25-16-30-47-49(42)58(53(48)57)45-28-14-15-29-46(45)59-47/h1-33H. The molecule has 0 aliphatic carbocycles. The van der Waals surface area contributed by atoms with Crippen molar-refractivity contribution in [3.63, 3.8) is 0 Å². The van der Waals surface area contributed by atoms with Gasteiger partial charge in [-0.05, 0) is 76.9 Å². The first-order valence-corrected chi connectivity index (χ1v) is 20.6. The first kappa shape index (κ1) is 33.6. The lowest BCUT2D eigenvalue weighted by Crippen LogP contribution is -2.07. The molecular weight excluding hydrogens is 739 g/mol. The first-order chi connectivity index (χ1) is 29.3. The summed E-state index contributed by atoms with van der Waals surface area (Å²) in [7, 11) is 0. The molecule has 11 aromatic rings. The highest BCUT2D eigenvalue weighted by Gasteiger charge is 2.28. The summed E-state index contributed by atoms with van der Waals surface area (Å²) >= 11 is 1.84. The van der Waals surface area contributed by atoms with E-state index < -0.39 is 0 Å². The highest BCUT2D eigenvalue weighted by atomic mass is 32.2. The third kappa shape index (κ3) is 5.45. The maximum atomic E-state index is 5.40. The van der Waals surface area contributed by atoms with Crippen LogP contribution in [0.15, 0.2) is 210 Å². The minimum atomic E-state index is 0.605. The van der Waals surface area contributed by atoms with Crippen molar-refractivity contribution < 1.29 is 0 Å². The lowest BCUT2D eigenvalue weighted by atomic mass is 9.96. The number of aromatic nitrogens is 5. The van der Waals surface area contributed by atoms with Gasteiger partial charge in [-0.2, -0.15) is 0 Å². The van der Waals surface area contributed by atoms with Crippen molar-refractivity contribution in [1.82, 2.24) is 24.1 Å². The Morgan fingerprint density at radius 1 is 0.356 bits per heavy atom. The van der Waals surface area contributed by atoms with Crippen LogP contribution in [0, 0.1) is 0 Å². The Balaban J connectivity index is 1.14. The molecule has 0 N–H and O–H groups in total. The van der Waals surface area contributed by atoms with Gasteiger partial charge in [0.15, 0.2) is 17.5 Å². The number of rotatable bonds is 6. The lowest BCUT2D eigenvalue weighted by molar-refractivity contribution is 1.02. The molecule has 0 saturated carbocycles. The molecule has 0 radical (unpaired) electrons. The van der Waals surface area contributed by atoms with Gasteiger partial charge in [0.1, 0.15) is 5.65 Å². The van der Waals surface area contributed by atoms with Gasteiger partial charge in [-0.3, -0.25) is 9.13 Å². The fourth-order valence-electron chi connectivity index (χ4n) is 8.72. The summed E-state index contributed by atoms with van der Waals surface area (Å²) in [5, 5.41) is 3.68. The summed E-state index contributed by atoms with van der Waals surface area (Å²) in [6.07, 6.45) is 0. The monoisotopic (exact) mass is 771 g/mol. The Morgan fingerprint density at radius 2 is 0.881 bits per heavy atom. The van der Waals surface area contributed by atoms with Crippen molar-refractivity contribution in [2.75, 3.05) is 0 Å². The fourth-order valence-corrected chi connectivity index (χ4v) is 9.81. The van der Waals surface area contributed by atoms with Crippen LogP contribution in [-0.4, -0.2) is 24.1 Å². The van der Waals surface area contributed by atoms with E-state index in [0.29, 0.717) is 17.5 Å². The quantitative estimate of drug-likeness (QED) is 0.169. The Kier molecular flexibility index (Phi) is 7.71. The van der Waals surface area contributed by atoms with Crippen LogP contribution in [-0.2, 0) is 0 Å². The molecule has 3 aromatic heterocycles. The van der Waals surface area contributed by atoms with E-state index in [0.717, 1.165) is 55.8 Å². The molecule has 0 unspecified atom stereocenters. The molecule has 8 aromatic carbocycles. The van der Waals surface area contributed by atoms with Crippen molar-refractivity contribution in [2.45, 2.75) is 9.79 Å². The molecule has 12 rings (SSSR count). The summed E-state index contributed by atoms with van der Waals surface area (Å²) in [5.74, 6) is 1.84. The molecule has 0 amide bonds. The van der Waals surface area contributed by atoms with E-state index in [1.807, 2.05) is 30.0 Å². The zero-order chi connectivity index (χ0) is 38.9. The summed E-state index contributed by atoms with van der Waals surface area (Å²) in [5.41, 5.74) is 12.9. The molecule has 5 nitrogen and oxygen atoms in total. The van der Waals surface area contributed by atoms with Crippen LogP contribution in [0.25, 0.3) is 101 Å². The summed E-state index contributed by atoms with van der Waals surface area (Å²) < 4.78 is 4.89. The summed E-state index contributed by atoms with van der Waals surface area (Å²) in [6.45, 7) is 0. The SMILES string of the molecule is c1ccc(-c2cc(-c3ccccc3)cc(-c3nc(-c4ccccc4)nc(-c4ccccc4-n4c5ccccc5c5c6cccc7c6n(c54)-c4ccccc4S7)n3)c2)cc1. The molecule has 6 heteroatoms. The van der Waals surface area contributed by atoms with Gasteiger partial charge in [-0.15, -0.1) is 0 Å². The second-order valence-corrected chi connectivity index (χ2v) is 15.9. The van der Waals surface area contributed by atoms with Gasteiger partial charge >= 0.3 is 0 Å². The molecule has 0 spiro atoms. The minimum absolute atomic E-state index is 0.605. The van der Waals surface area contributed by atoms with E-state index in [2.05, 4.69) is 191 Å². The van der Waals surface area contributed by atoms with Crippen LogP contribution >= 0.6 is 11.8 Å². The predicted octanol–water partition coefficient (Wildman–Crippen LogP) is 13.7. The van der Waals surface area contributed by atoms with Crippen molar-refractivity contribution >= 4 is 44.6 Å². The van der Waals surface area contributed by atoms with Crippen molar-refractivity contribution in [2.24, 2.45) is 0 Å². The maximum absolute atomic E-state index is 5.40. The number of hydrogen-bond acceptors (Lipinski definition) is 4. The molecule has 0 bridgehead atoms. The van der Waals surface area contributed by atoms with Crippen LogP contribution < -0.4 is 0 Å². The third-order valence-electron chi connectivity index (χ3n) is 11.3. The molecule has 4 heterocycles. The van der Waals surface area contributed by atoms with E-state index >= 15 is 0 Å². The molecule has 0 atom stereocenters. The molecule has 276 valence electrons. The zero-order valence-electron chi connectivity index (χ0n) is 31.7. The number of fused-ring (bicyclic) bond motifs is 7.